The van der Waals surface area contributed by atoms with Crippen LogP contribution < -0.4 is 11.1 Å². The van der Waals surface area contributed by atoms with Crippen molar-refractivity contribution >= 4 is 11.6 Å². The molecule has 3 N–H and O–H groups in total. The molecule has 1 aromatic rings. The van der Waals surface area contributed by atoms with Crippen LogP contribution in [0.25, 0.3) is 0 Å². The molecule has 0 radical (unpaired) electrons. The normalized spacial score (nSPS) is 26.2. The molecule has 20 heavy (non-hydrogen) atoms. The van der Waals surface area contributed by atoms with Crippen LogP contribution in [0.3, 0.4) is 0 Å². The molecule has 0 saturated carbocycles. The second-order valence-corrected chi connectivity index (χ2v) is 5.94. The fourth-order valence-electron chi connectivity index (χ4n) is 3.62. The van der Waals surface area contributed by atoms with E-state index in [2.05, 4.69) is 16.3 Å². The van der Waals surface area contributed by atoms with Crippen molar-refractivity contribution in [3.05, 3.63) is 29.8 Å². The van der Waals surface area contributed by atoms with Crippen molar-refractivity contribution in [2.24, 2.45) is 5.73 Å². The third-order valence-electron chi connectivity index (χ3n) is 4.58. The minimum atomic E-state index is -0.273. The lowest BCUT2D eigenvalue weighted by atomic mass is 9.98. The van der Waals surface area contributed by atoms with Crippen LogP contribution >= 0.6 is 0 Å². The first kappa shape index (κ1) is 13.4. The number of amides is 1. The molecule has 2 aliphatic heterocycles. The molecule has 2 saturated heterocycles. The van der Waals surface area contributed by atoms with Crippen LogP contribution in [0.4, 0.5) is 5.69 Å². The lowest BCUT2D eigenvalue weighted by Crippen LogP contribution is -2.41. The van der Waals surface area contributed by atoms with Crippen molar-refractivity contribution in [3.63, 3.8) is 0 Å². The Kier molecular flexibility index (Phi) is 3.92. The van der Waals surface area contributed by atoms with Gasteiger partial charge in [-0.2, -0.15) is 0 Å². The molecule has 2 heterocycles. The number of nitrogens with one attached hydrogen (secondary N) is 1. The summed E-state index contributed by atoms with van der Waals surface area (Å²) in [4.78, 5) is 13.8. The minimum absolute atomic E-state index is 0.273. The highest BCUT2D eigenvalue weighted by Gasteiger charge is 2.35. The molecule has 108 valence electrons. The monoisotopic (exact) mass is 273 g/mol. The molecule has 0 spiro atoms. The number of hydrogen-bond donors (Lipinski definition) is 2. The van der Waals surface area contributed by atoms with E-state index in [1.807, 2.05) is 18.2 Å². The molecular weight excluding hydrogens is 250 g/mol. The van der Waals surface area contributed by atoms with E-state index >= 15 is 0 Å². The first-order valence-electron chi connectivity index (χ1n) is 7.61. The first-order chi connectivity index (χ1) is 9.74. The number of piperidine rings is 1. The molecule has 2 atom stereocenters. The molecule has 4 nitrogen and oxygen atoms in total. The summed E-state index contributed by atoms with van der Waals surface area (Å²) in [6.07, 6.45) is 5.46. The Hall–Kier alpha value is -1.55. The number of primary amides is 1. The lowest BCUT2D eigenvalue weighted by molar-refractivity contribution is -0.117. The Balaban J connectivity index is 1.73. The average Bonchev–Trinajstić information content (AvgIpc) is 2.84. The van der Waals surface area contributed by atoms with Crippen molar-refractivity contribution < 1.29 is 4.79 Å². The zero-order valence-corrected chi connectivity index (χ0v) is 11.8. The van der Waals surface area contributed by atoms with Crippen molar-refractivity contribution in [1.82, 2.24) is 4.90 Å². The van der Waals surface area contributed by atoms with E-state index in [1.54, 1.807) is 0 Å². The summed E-state index contributed by atoms with van der Waals surface area (Å²) in [6.45, 7) is 2.44. The number of fused-ring (bicyclic) bond motifs is 1. The highest BCUT2D eigenvalue weighted by molar-refractivity contribution is 5.78. The molecule has 2 fully saturated rings. The minimum Gasteiger partial charge on any atom is -0.380 e. The largest absolute Gasteiger partial charge is 0.380 e. The van der Waals surface area contributed by atoms with E-state index in [1.165, 1.54) is 38.8 Å². The van der Waals surface area contributed by atoms with Gasteiger partial charge in [-0.1, -0.05) is 24.6 Å². The van der Waals surface area contributed by atoms with E-state index < -0.39 is 0 Å². The number of nitrogens with zero attached hydrogens (tertiary/aromatic N) is 1. The summed E-state index contributed by atoms with van der Waals surface area (Å²) in [5.41, 5.74) is 7.41. The number of anilines is 1. The number of nitrogens with two attached hydrogens (primary N) is 1. The van der Waals surface area contributed by atoms with Gasteiger partial charge in [0.1, 0.15) is 0 Å². The van der Waals surface area contributed by atoms with Crippen LogP contribution in [-0.4, -0.2) is 36.0 Å². The fourth-order valence-corrected chi connectivity index (χ4v) is 3.62. The number of para-hydroxylation sites is 1. The van der Waals surface area contributed by atoms with Gasteiger partial charge in [-0.25, -0.2) is 0 Å². The molecular formula is C16H23N3O. The Morgan fingerprint density at radius 3 is 2.95 bits per heavy atom. The van der Waals surface area contributed by atoms with Crippen molar-refractivity contribution in [3.8, 4) is 0 Å². The molecule has 3 rings (SSSR count). The summed E-state index contributed by atoms with van der Waals surface area (Å²) in [5.74, 6) is -0.273. The zero-order valence-electron chi connectivity index (χ0n) is 11.8. The van der Waals surface area contributed by atoms with Gasteiger partial charge in [0.2, 0.25) is 5.91 Å². The average molecular weight is 273 g/mol. The second-order valence-electron chi connectivity index (χ2n) is 5.94. The first-order valence-corrected chi connectivity index (χ1v) is 7.61. The number of rotatable bonds is 4. The fraction of sp³-hybridized carbons (Fsp3) is 0.562. The van der Waals surface area contributed by atoms with Crippen molar-refractivity contribution in [2.45, 2.75) is 44.2 Å². The van der Waals surface area contributed by atoms with E-state index in [9.17, 15) is 4.79 Å². The highest BCUT2D eigenvalue weighted by Crippen LogP contribution is 2.30. The van der Waals surface area contributed by atoms with Crippen LogP contribution in [-0.2, 0) is 11.2 Å². The number of carbonyl (C=O) groups is 1. The summed E-state index contributed by atoms with van der Waals surface area (Å²) in [6, 6.07) is 9.19. The van der Waals surface area contributed by atoms with E-state index in [0.29, 0.717) is 18.5 Å². The molecule has 4 heteroatoms. The molecule has 0 bridgehead atoms. The van der Waals surface area contributed by atoms with Crippen LogP contribution in [0.5, 0.6) is 0 Å². The van der Waals surface area contributed by atoms with Crippen LogP contribution in [0.15, 0.2) is 24.3 Å². The van der Waals surface area contributed by atoms with Crippen LogP contribution in [0, 0.1) is 0 Å². The predicted octanol–water partition coefficient (Wildman–Crippen LogP) is 1.75. The van der Waals surface area contributed by atoms with Gasteiger partial charge in [0.05, 0.1) is 6.42 Å². The third-order valence-corrected chi connectivity index (χ3v) is 4.58. The van der Waals surface area contributed by atoms with E-state index in [0.717, 1.165) is 11.3 Å². The Bertz CT molecular complexity index is 488. The SMILES string of the molecule is NC(=O)Cc1ccccc1NC1CCN2CCCCC12. The molecule has 2 unspecified atom stereocenters. The molecule has 0 aromatic heterocycles. The summed E-state index contributed by atoms with van der Waals surface area (Å²) < 4.78 is 0. The molecule has 1 amide bonds. The Morgan fingerprint density at radius 1 is 1.25 bits per heavy atom. The van der Waals surface area contributed by atoms with Crippen molar-refractivity contribution in [2.75, 3.05) is 18.4 Å². The highest BCUT2D eigenvalue weighted by atomic mass is 16.1. The van der Waals surface area contributed by atoms with E-state index in [-0.39, 0.29) is 5.91 Å². The van der Waals surface area contributed by atoms with Gasteiger partial charge in [-0.15, -0.1) is 0 Å². The van der Waals surface area contributed by atoms with Gasteiger partial charge >= 0.3 is 0 Å². The van der Waals surface area contributed by atoms with Gasteiger partial charge < -0.3 is 11.1 Å². The van der Waals surface area contributed by atoms with Gasteiger partial charge in [0, 0.05) is 24.3 Å². The van der Waals surface area contributed by atoms with Crippen LogP contribution in [0.1, 0.15) is 31.2 Å². The lowest BCUT2D eigenvalue weighted by Gasteiger charge is -2.33. The maximum Gasteiger partial charge on any atom is 0.221 e. The maximum absolute atomic E-state index is 11.2. The van der Waals surface area contributed by atoms with Crippen molar-refractivity contribution in [1.29, 1.82) is 0 Å². The van der Waals surface area contributed by atoms with Gasteiger partial charge in [-0.3, -0.25) is 9.69 Å². The Morgan fingerprint density at radius 2 is 2.10 bits per heavy atom. The number of benzene rings is 1. The van der Waals surface area contributed by atoms with Gasteiger partial charge in [0.15, 0.2) is 0 Å². The molecule has 2 aliphatic rings. The standard InChI is InChI=1S/C16H23N3O/c17-16(20)11-12-5-1-2-6-13(12)18-14-8-10-19-9-4-3-7-15(14)19/h1-2,5-6,14-15,18H,3-4,7-11H2,(H2,17,20). The molecule has 1 aromatic carbocycles. The summed E-state index contributed by atoms with van der Waals surface area (Å²) in [5, 5.41) is 3.66. The zero-order chi connectivity index (χ0) is 13.9. The number of carbonyl (C=O) groups excluding carboxylic acids is 1. The molecule has 0 aliphatic carbocycles. The third kappa shape index (κ3) is 2.80. The Labute approximate surface area is 120 Å². The summed E-state index contributed by atoms with van der Waals surface area (Å²) in [7, 11) is 0. The van der Waals surface area contributed by atoms with E-state index in [4.69, 9.17) is 5.73 Å². The second kappa shape index (κ2) is 5.83. The smallest absolute Gasteiger partial charge is 0.221 e. The number of hydrogen-bond acceptors (Lipinski definition) is 3. The topological polar surface area (TPSA) is 58.4 Å². The summed E-state index contributed by atoms with van der Waals surface area (Å²) >= 11 is 0. The van der Waals surface area contributed by atoms with Gasteiger partial charge in [0.25, 0.3) is 0 Å². The van der Waals surface area contributed by atoms with Gasteiger partial charge in [-0.05, 0) is 37.4 Å². The maximum atomic E-state index is 11.2. The quantitative estimate of drug-likeness (QED) is 0.878. The van der Waals surface area contributed by atoms with Crippen LogP contribution in [0.2, 0.25) is 0 Å². The predicted molar refractivity (Wildman–Crippen MR) is 80.6 cm³/mol.